The molecule has 0 unspecified atom stereocenters. The summed E-state index contributed by atoms with van der Waals surface area (Å²) in [5.74, 6) is 0. The molecule has 8 aromatic carbocycles. The van der Waals surface area contributed by atoms with E-state index in [0.717, 1.165) is 55.8 Å². The van der Waals surface area contributed by atoms with Gasteiger partial charge < -0.3 is 0 Å². The highest BCUT2D eigenvalue weighted by Gasteiger charge is 2.18. The minimum Gasteiger partial charge on any atom is -0.263 e. The third kappa shape index (κ3) is 5.10. The molecular weight excluding hydrogens is 631 g/mol. The molecule has 2 aromatic heterocycles. The topological polar surface area (TPSA) is 38.7 Å². The monoisotopic (exact) mass is 661 g/mol. The van der Waals surface area contributed by atoms with Gasteiger partial charge in [0.15, 0.2) is 0 Å². The number of hydrogen-bond donors (Lipinski definition) is 0. The average Bonchev–Trinajstić information content (AvgIpc) is 3.22. The largest absolute Gasteiger partial charge is 0.263 e. The van der Waals surface area contributed by atoms with Gasteiger partial charge in [-0.2, -0.15) is 0 Å². The third-order valence-corrected chi connectivity index (χ3v) is 10.1. The number of benzene rings is 8. The molecule has 0 amide bonds. The molecule has 10 aromatic rings. The lowest BCUT2D eigenvalue weighted by Gasteiger charge is -2.18. The molecule has 0 spiro atoms. The summed E-state index contributed by atoms with van der Waals surface area (Å²) in [6, 6.07) is 62.2. The summed E-state index contributed by atoms with van der Waals surface area (Å²) >= 11 is 0. The van der Waals surface area contributed by atoms with Crippen molar-refractivity contribution < 1.29 is 0 Å². The molecule has 0 fully saturated rings. The lowest BCUT2D eigenvalue weighted by Crippen LogP contribution is -1.95. The molecule has 3 heteroatoms. The Morgan fingerprint density at radius 3 is 1.38 bits per heavy atom. The SMILES string of the molecule is c1ccc(-c2nc3ccccc3nc2-c2ccc(-c3c4ccccc4c(-c4cncc(-c5ccc6ccccc6c5)c4)c4ccccc34)cc2)cc1. The minimum absolute atomic E-state index is 0.875. The second-order valence-electron chi connectivity index (χ2n) is 13.2. The van der Waals surface area contributed by atoms with Crippen LogP contribution in [-0.4, -0.2) is 15.0 Å². The van der Waals surface area contributed by atoms with E-state index in [1.54, 1.807) is 0 Å². The van der Waals surface area contributed by atoms with Crippen LogP contribution >= 0.6 is 0 Å². The maximum absolute atomic E-state index is 5.14. The first-order valence-electron chi connectivity index (χ1n) is 17.6. The van der Waals surface area contributed by atoms with Crippen molar-refractivity contribution in [2.24, 2.45) is 0 Å². The Balaban J connectivity index is 1.13. The zero-order valence-corrected chi connectivity index (χ0v) is 28.2. The molecule has 0 saturated carbocycles. The highest BCUT2D eigenvalue weighted by atomic mass is 14.8. The molecule has 3 nitrogen and oxygen atoms in total. The van der Waals surface area contributed by atoms with Gasteiger partial charge in [-0.15, -0.1) is 0 Å². The number of hydrogen-bond acceptors (Lipinski definition) is 3. The van der Waals surface area contributed by atoms with Gasteiger partial charge in [0, 0.05) is 34.6 Å². The molecule has 242 valence electrons. The van der Waals surface area contributed by atoms with E-state index in [0.29, 0.717) is 0 Å². The van der Waals surface area contributed by atoms with E-state index in [4.69, 9.17) is 15.0 Å². The number of fused-ring (bicyclic) bond motifs is 4. The fraction of sp³-hybridized carbons (Fsp3) is 0. The molecule has 10 rings (SSSR count). The first-order valence-corrected chi connectivity index (χ1v) is 17.6. The van der Waals surface area contributed by atoms with Gasteiger partial charge >= 0.3 is 0 Å². The number of aromatic nitrogens is 3. The lowest BCUT2D eigenvalue weighted by molar-refractivity contribution is 1.29. The van der Waals surface area contributed by atoms with Crippen LogP contribution in [-0.2, 0) is 0 Å². The van der Waals surface area contributed by atoms with Gasteiger partial charge in [0.05, 0.1) is 22.4 Å². The van der Waals surface area contributed by atoms with Crippen LogP contribution in [0.3, 0.4) is 0 Å². The fourth-order valence-electron chi connectivity index (χ4n) is 7.65. The molecular formula is C49H31N3. The molecule has 2 heterocycles. The van der Waals surface area contributed by atoms with Crippen molar-refractivity contribution in [3.8, 4) is 55.9 Å². The van der Waals surface area contributed by atoms with Gasteiger partial charge in [-0.1, -0.05) is 152 Å². The van der Waals surface area contributed by atoms with Gasteiger partial charge in [0.1, 0.15) is 0 Å². The van der Waals surface area contributed by atoms with E-state index < -0.39 is 0 Å². The average molecular weight is 662 g/mol. The van der Waals surface area contributed by atoms with Gasteiger partial charge in [0.2, 0.25) is 0 Å². The summed E-state index contributed by atoms with van der Waals surface area (Å²) in [6.45, 7) is 0. The molecule has 52 heavy (non-hydrogen) atoms. The van der Waals surface area contributed by atoms with Crippen LogP contribution in [0.1, 0.15) is 0 Å². The first-order chi connectivity index (χ1) is 25.8. The normalized spacial score (nSPS) is 11.5. The van der Waals surface area contributed by atoms with E-state index in [1.165, 1.54) is 43.4 Å². The smallest absolute Gasteiger partial charge is 0.0973 e. The van der Waals surface area contributed by atoms with Crippen molar-refractivity contribution in [1.29, 1.82) is 0 Å². The Morgan fingerprint density at radius 2 is 0.750 bits per heavy atom. The van der Waals surface area contributed by atoms with E-state index in [-0.39, 0.29) is 0 Å². The van der Waals surface area contributed by atoms with Crippen molar-refractivity contribution >= 4 is 43.4 Å². The Hall–Kier alpha value is -6.97. The summed E-state index contributed by atoms with van der Waals surface area (Å²) in [7, 11) is 0. The Morgan fingerprint density at radius 1 is 0.288 bits per heavy atom. The second kappa shape index (κ2) is 12.4. The Labute approximate surface area is 301 Å². The van der Waals surface area contributed by atoms with Crippen molar-refractivity contribution in [2.75, 3.05) is 0 Å². The van der Waals surface area contributed by atoms with Crippen LogP contribution in [0.15, 0.2) is 188 Å². The van der Waals surface area contributed by atoms with Crippen molar-refractivity contribution in [3.05, 3.63) is 188 Å². The molecule has 0 bridgehead atoms. The quantitative estimate of drug-likeness (QED) is 0.172. The van der Waals surface area contributed by atoms with Crippen LogP contribution in [0.2, 0.25) is 0 Å². The molecule has 0 atom stereocenters. The van der Waals surface area contributed by atoms with Gasteiger partial charge in [-0.05, 0) is 78.8 Å². The number of para-hydroxylation sites is 2. The van der Waals surface area contributed by atoms with Crippen LogP contribution < -0.4 is 0 Å². The summed E-state index contributed by atoms with van der Waals surface area (Å²) in [4.78, 5) is 15.0. The molecule has 0 aliphatic carbocycles. The van der Waals surface area contributed by atoms with Crippen LogP contribution in [0.4, 0.5) is 0 Å². The maximum Gasteiger partial charge on any atom is 0.0973 e. The predicted octanol–water partition coefficient (Wildman–Crippen LogP) is 12.8. The third-order valence-electron chi connectivity index (χ3n) is 10.1. The number of rotatable bonds is 5. The van der Waals surface area contributed by atoms with Gasteiger partial charge in [-0.25, -0.2) is 9.97 Å². The fourth-order valence-corrected chi connectivity index (χ4v) is 7.65. The highest BCUT2D eigenvalue weighted by Crippen LogP contribution is 2.44. The summed E-state index contributed by atoms with van der Waals surface area (Å²) in [5.41, 5.74) is 12.5. The first kappa shape index (κ1) is 29.9. The molecule has 0 aliphatic heterocycles. The molecule has 0 radical (unpaired) electrons. The molecule has 0 aliphatic rings. The van der Waals surface area contributed by atoms with Crippen molar-refractivity contribution in [1.82, 2.24) is 15.0 Å². The Bertz CT molecular complexity index is 2890. The minimum atomic E-state index is 0.875. The van der Waals surface area contributed by atoms with Gasteiger partial charge in [0.25, 0.3) is 0 Å². The summed E-state index contributed by atoms with van der Waals surface area (Å²) in [5, 5.41) is 7.26. The second-order valence-corrected chi connectivity index (χ2v) is 13.2. The summed E-state index contributed by atoms with van der Waals surface area (Å²) in [6.07, 6.45) is 3.97. The van der Waals surface area contributed by atoms with Crippen LogP contribution in [0.5, 0.6) is 0 Å². The standard InChI is InChI=1S/C49H31N3/c1-2-13-34(14-3-1)48-49(52-45-21-11-10-20-44(45)51-48)35-25-23-33(24-26-35)46-40-16-6-8-18-42(40)47(43-19-9-7-17-41(43)46)39-29-38(30-50-31-39)37-27-22-32-12-4-5-15-36(32)28-37/h1-31H. The highest BCUT2D eigenvalue weighted by molar-refractivity contribution is 6.21. The lowest BCUT2D eigenvalue weighted by atomic mass is 9.85. The maximum atomic E-state index is 5.14. The molecule has 0 saturated heterocycles. The van der Waals surface area contributed by atoms with Crippen LogP contribution in [0.25, 0.3) is 99.2 Å². The molecule has 0 N–H and O–H groups in total. The van der Waals surface area contributed by atoms with E-state index in [1.807, 2.05) is 42.7 Å². The number of nitrogens with zero attached hydrogens (tertiary/aromatic N) is 3. The Kier molecular flexibility index (Phi) is 7.14. The predicted molar refractivity (Wildman–Crippen MR) is 217 cm³/mol. The number of pyridine rings is 1. The van der Waals surface area contributed by atoms with E-state index in [2.05, 4.69) is 146 Å². The summed E-state index contributed by atoms with van der Waals surface area (Å²) < 4.78 is 0. The zero-order valence-electron chi connectivity index (χ0n) is 28.2. The van der Waals surface area contributed by atoms with Gasteiger partial charge in [-0.3, -0.25) is 4.98 Å². The van der Waals surface area contributed by atoms with Crippen LogP contribution in [0, 0.1) is 0 Å². The van der Waals surface area contributed by atoms with Crippen molar-refractivity contribution in [2.45, 2.75) is 0 Å². The zero-order chi connectivity index (χ0) is 34.4. The van der Waals surface area contributed by atoms with Crippen molar-refractivity contribution in [3.63, 3.8) is 0 Å². The van der Waals surface area contributed by atoms with E-state index in [9.17, 15) is 0 Å². The van der Waals surface area contributed by atoms with E-state index >= 15 is 0 Å².